The zero-order valence-electron chi connectivity index (χ0n) is 11.9. The zero-order valence-corrected chi connectivity index (χ0v) is 11.9. The Hall–Kier alpha value is -0.810. The zero-order chi connectivity index (χ0) is 13.6. The first-order valence-electron chi connectivity index (χ1n) is 6.59. The minimum Gasteiger partial charge on any atom is -0.385 e. The molecule has 1 heterocycles. The highest BCUT2D eigenvalue weighted by Gasteiger charge is 2.26. The predicted octanol–water partition coefficient (Wildman–Crippen LogP) is 1.53. The van der Waals surface area contributed by atoms with Crippen LogP contribution in [0, 0.1) is 5.41 Å². The second-order valence-electron chi connectivity index (χ2n) is 5.71. The van der Waals surface area contributed by atoms with Crippen LogP contribution in [0.3, 0.4) is 0 Å². The third-order valence-electron chi connectivity index (χ3n) is 3.40. The second-order valence-corrected chi connectivity index (χ2v) is 5.71. The summed E-state index contributed by atoms with van der Waals surface area (Å²) in [6.45, 7) is 8.31. The van der Waals surface area contributed by atoms with Crippen LogP contribution in [-0.4, -0.2) is 45.0 Å². The van der Waals surface area contributed by atoms with Gasteiger partial charge in [0.1, 0.15) is 0 Å². The van der Waals surface area contributed by atoms with Gasteiger partial charge >= 0.3 is 6.03 Å². The van der Waals surface area contributed by atoms with Crippen LogP contribution < -0.4 is 10.6 Å². The maximum absolute atomic E-state index is 11.8. The highest BCUT2D eigenvalue weighted by Crippen LogP contribution is 2.18. The predicted molar refractivity (Wildman–Crippen MR) is 70.6 cm³/mol. The number of rotatable bonds is 6. The number of hydrogen-bond acceptors (Lipinski definition) is 3. The highest BCUT2D eigenvalue weighted by molar-refractivity contribution is 5.74. The van der Waals surface area contributed by atoms with Crippen molar-refractivity contribution in [3.8, 4) is 0 Å². The van der Waals surface area contributed by atoms with Crippen molar-refractivity contribution in [1.82, 2.24) is 10.6 Å². The van der Waals surface area contributed by atoms with Gasteiger partial charge in [0.2, 0.25) is 0 Å². The van der Waals surface area contributed by atoms with Gasteiger partial charge in [0.05, 0.1) is 12.1 Å². The van der Waals surface area contributed by atoms with E-state index in [2.05, 4.69) is 24.5 Å². The Kier molecular flexibility index (Phi) is 5.88. The molecule has 0 aromatic rings. The molecule has 1 saturated heterocycles. The Morgan fingerprint density at radius 3 is 2.78 bits per heavy atom. The molecule has 18 heavy (non-hydrogen) atoms. The largest absolute Gasteiger partial charge is 0.385 e. The Morgan fingerprint density at radius 1 is 1.50 bits per heavy atom. The van der Waals surface area contributed by atoms with E-state index in [0.29, 0.717) is 13.2 Å². The van der Waals surface area contributed by atoms with Gasteiger partial charge in [0.25, 0.3) is 0 Å². The van der Waals surface area contributed by atoms with Gasteiger partial charge in [-0.3, -0.25) is 0 Å². The van der Waals surface area contributed by atoms with Gasteiger partial charge in [0, 0.05) is 26.9 Å². The van der Waals surface area contributed by atoms with Gasteiger partial charge in [-0.1, -0.05) is 13.8 Å². The van der Waals surface area contributed by atoms with Crippen LogP contribution in [0.5, 0.6) is 0 Å². The minimum absolute atomic E-state index is 0.0468. The first-order chi connectivity index (χ1) is 8.44. The van der Waals surface area contributed by atoms with E-state index in [1.807, 2.05) is 6.92 Å². The summed E-state index contributed by atoms with van der Waals surface area (Å²) in [5, 5.41) is 5.87. The molecular formula is C13H26N2O3. The molecule has 2 amide bonds. The van der Waals surface area contributed by atoms with Crippen molar-refractivity contribution < 1.29 is 14.3 Å². The number of amides is 2. The summed E-state index contributed by atoms with van der Waals surface area (Å²) in [7, 11) is 1.69. The van der Waals surface area contributed by atoms with Crippen LogP contribution >= 0.6 is 0 Å². The fourth-order valence-corrected chi connectivity index (χ4v) is 1.93. The van der Waals surface area contributed by atoms with E-state index in [0.717, 1.165) is 19.4 Å². The number of carbonyl (C=O) groups excluding carboxylic acids is 1. The monoisotopic (exact) mass is 258 g/mol. The lowest BCUT2D eigenvalue weighted by atomic mass is 9.90. The fraction of sp³-hybridized carbons (Fsp3) is 0.923. The topological polar surface area (TPSA) is 59.6 Å². The van der Waals surface area contributed by atoms with Gasteiger partial charge in [-0.2, -0.15) is 0 Å². The van der Waals surface area contributed by atoms with E-state index < -0.39 is 0 Å². The van der Waals surface area contributed by atoms with Crippen molar-refractivity contribution in [2.24, 2.45) is 5.41 Å². The lowest BCUT2D eigenvalue weighted by molar-refractivity contribution is 0.114. The van der Waals surface area contributed by atoms with Crippen LogP contribution in [0.2, 0.25) is 0 Å². The molecule has 0 spiro atoms. The molecule has 1 aliphatic rings. The molecule has 0 aromatic heterocycles. The Bertz CT molecular complexity index is 269. The molecule has 0 aromatic carbocycles. The maximum Gasteiger partial charge on any atom is 0.315 e. The second kappa shape index (κ2) is 6.95. The van der Waals surface area contributed by atoms with Crippen molar-refractivity contribution in [2.45, 2.75) is 45.8 Å². The molecule has 5 heteroatoms. The molecule has 5 nitrogen and oxygen atoms in total. The number of urea groups is 1. The summed E-state index contributed by atoms with van der Waals surface area (Å²) in [6.07, 6.45) is 1.92. The van der Waals surface area contributed by atoms with E-state index in [1.165, 1.54) is 0 Å². The van der Waals surface area contributed by atoms with E-state index >= 15 is 0 Å². The van der Waals surface area contributed by atoms with Crippen molar-refractivity contribution in [3.05, 3.63) is 0 Å². The normalized spacial score (nSPS) is 24.0. The minimum atomic E-state index is -0.108. The molecule has 0 radical (unpaired) electrons. The summed E-state index contributed by atoms with van der Waals surface area (Å²) < 4.78 is 10.5. The lowest BCUT2D eigenvalue weighted by Gasteiger charge is -2.25. The maximum atomic E-state index is 11.8. The standard InChI is InChI=1S/C13H26N2O3/c1-10-11(5-7-18-10)15-12(16)14-9-13(2,3)6-8-17-4/h10-11H,5-9H2,1-4H3,(H2,14,15,16)/t10-,11-/m0/s1. The highest BCUT2D eigenvalue weighted by atomic mass is 16.5. The van der Waals surface area contributed by atoms with Crippen LogP contribution in [0.4, 0.5) is 4.79 Å². The van der Waals surface area contributed by atoms with Gasteiger partial charge in [0.15, 0.2) is 0 Å². The average Bonchev–Trinajstić information content (AvgIpc) is 2.70. The van der Waals surface area contributed by atoms with Crippen molar-refractivity contribution in [3.63, 3.8) is 0 Å². The van der Waals surface area contributed by atoms with Crippen molar-refractivity contribution >= 4 is 6.03 Å². The van der Waals surface area contributed by atoms with Crippen molar-refractivity contribution in [1.29, 1.82) is 0 Å². The van der Waals surface area contributed by atoms with Crippen LogP contribution in [-0.2, 0) is 9.47 Å². The summed E-state index contributed by atoms with van der Waals surface area (Å²) in [5.41, 5.74) is 0.0468. The van der Waals surface area contributed by atoms with E-state index in [9.17, 15) is 4.79 Å². The average molecular weight is 258 g/mol. The SMILES string of the molecule is COCCC(C)(C)CNC(=O)N[C@H]1CCO[C@H]1C. The van der Waals surface area contributed by atoms with E-state index in [4.69, 9.17) is 9.47 Å². The number of hydrogen-bond donors (Lipinski definition) is 2. The Morgan fingerprint density at radius 2 is 2.22 bits per heavy atom. The summed E-state index contributed by atoms with van der Waals surface area (Å²) in [4.78, 5) is 11.8. The van der Waals surface area contributed by atoms with Gasteiger partial charge in [-0.15, -0.1) is 0 Å². The summed E-state index contributed by atoms with van der Waals surface area (Å²) in [5.74, 6) is 0. The molecule has 2 atom stereocenters. The first kappa shape index (κ1) is 15.2. The summed E-state index contributed by atoms with van der Waals surface area (Å²) >= 11 is 0. The van der Waals surface area contributed by atoms with E-state index in [1.54, 1.807) is 7.11 Å². The number of methoxy groups -OCH3 is 1. The number of carbonyl (C=O) groups is 1. The van der Waals surface area contributed by atoms with Crippen LogP contribution in [0.25, 0.3) is 0 Å². The third kappa shape index (κ3) is 5.23. The van der Waals surface area contributed by atoms with Crippen LogP contribution in [0.15, 0.2) is 0 Å². The molecule has 2 N–H and O–H groups in total. The first-order valence-corrected chi connectivity index (χ1v) is 6.59. The van der Waals surface area contributed by atoms with Gasteiger partial charge < -0.3 is 20.1 Å². The number of ether oxygens (including phenoxy) is 2. The smallest absolute Gasteiger partial charge is 0.315 e. The molecule has 1 rings (SSSR count). The van der Waals surface area contributed by atoms with E-state index in [-0.39, 0.29) is 23.6 Å². The van der Waals surface area contributed by atoms with Crippen molar-refractivity contribution in [2.75, 3.05) is 26.9 Å². The Balaban J connectivity index is 2.23. The fourth-order valence-electron chi connectivity index (χ4n) is 1.93. The lowest BCUT2D eigenvalue weighted by Crippen LogP contribution is -2.47. The molecule has 106 valence electrons. The molecule has 0 bridgehead atoms. The van der Waals surface area contributed by atoms with Gasteiger partial charge in [-0.05, 0) is 25.2 Å². The molecule has 1 fully saturated rings. The van der Waals surface area contributed by atoms with Crippen LogP contribution in [0.1, 0.15) is 33.6 Å². The quantitative estimate of drug-likeness (QED) is 0.759. The third-order valence-corrected chi connectivity index (χ3v) is 3.40. The summed E-state index contributed by atoms with van der Waals surface area (Å²) in [6, 6.07) is 0.0231. The molecule has 0 unspecified atom stereocenters. The molecule has 1 aliphatic heterocycles. The molecule has 0 aliphatic carbocycles. The molecule has 0 saturated carbocycles. The molecular weight excluding hydrogens is 232 g/mol. The Labute approximate surface area is 110 Å². The number of nitrogens with one attached hydrogen (secondary N) is 2. The van der Waals surface area contributed by atoms with Gasteiger partial charge in [-0.25, -0.2) is 4.79 Å².